The number of unbranched alkanes of at least 4 members (excludes halogenated alkanes) is 5. The van der Waals surface area contributed by atoms with Crippen molar-refractivity contribution in [2.75, 3.05) is 19.8 Å². The van der Waals surface area contributed by atoms with Crippen LogP contribution in [0.15, 0.2) is 0 Å². The molecule has 0 spiro atoms. The number of rotatable bonds is 14. The average molecular weight is 597 g/mol. The number of aliphatic hydroxyl groups is 6. The SMILES string of the molecule is CCCCCCCCO[C@@H]1[C@@H](O)[C@@H](O[C@@H]2[C@@H](O)[C@H](O[C@H]3O[C@H](CN)[C@@H](O)[C@H](O)[C@H]3N)[C@@H](N)C[C@H]2N)O[C@H](CO)[C@H]1O. The van der Waals surface area contributed by atoms with Crippen molar-refractivity contribution in [2.24, 2.45) is 22.9 Å². The maximum atomic E-state index is 11.2. The fourth-order valence-corrected chi connectivity index (χ4v) is 5.68. The minimum atomic E-state index is -1.46. The van der Waals surface area contributed by atoms with Crippen LogP contribution in [0.4, 0.5) is 0 Å². The van der Waals surface area contributed by atoms with E-state index in [2.05, 4.69) is 6.92 Å². The molecule has 2 aliphatic heterocycles. The van der Waals surface area contributed by atoms with Gasteiger partial charge in [0.15, 0.2) is 12.6 Å². The highest BCUT2D eigenvalue weighted by atomic mass is 16.7. The molecule has 0 aromatic carbocycles. The smallest absolute Gasteiger partial charge is 0.187 e. The average Bonchev–Trinajstić information content (AvgIpc) is 2.95. The highest BCUT2D eigenvalue weighted by molar-refractivity contribution is 5.01. The molecule has 2 heterocycles. The molecule has 3 fully saturated rings. The van der Waals surface area contributed by atoms with Gasteiger partial charge in [-0.25, -0.2) is 0 Å². The van der Waals surface area contributed by atoms with E-state index in [4.69, 9.17) is 46.6 Å². The van der Waals surface area contributed by atoms with Gasteiger partial charge in [-0.2, -0.15) is 0 Å². The molecule has 15 nitrogen and oxygen atoms in total. The first kappa shape index (κ1) is 34.9. The van der Waals surface area contributed by atoms with Gasteiger partial charge in [0.05, 0.1) is 12.6 Å². The van der Waals surface area contributed by atoms with Crippen LogP contribution in [-0.2, 0) is 23.7 Å². The molecule has 0 radical (unpaired) electrons. The third-order valence-corrected chi connectivity index (χ3v) is 8.25. The van der Waals surface area contributed by atoms with Crippen molar-refractivity contribution >= 4 is 0 Å². The summed E-state index contributed by atoms with van der Waals surface area (Å²) in [6.45, 7) is 1.76. The van der Waals surface area contributed by atoms with Crippen molar-refractivity contribution in [3.8, 4) is 0 Å². The van der Waals surface area contributed by atoms with Crippen LogP contribution in [0.1, 0.15) is 51.9 Å². The van der Waals surface area contributed by atoms with E-state index in [0.29, 0.717) is 0 Å². The molecule has 14 N–H and O–H groups in total. The lowest BCUT2D eigenvalue weighted by atomic mass is 9.84. The Morgan fingerprint density at radius 1 is 0.683 bits per heavy atom. The Hall–Kier alpha value is -0.600. The Balaban J connectivity index is 1.65. The molecule has 0 unspecified atom stereocenters. The van der Waals surface area contributed by atoms with Crippen LogP contribution in [0.3, 0.4) is 0 Å². The molecule has 0 aromatic rings. The summed E-state index contributed by atoms with van der Waals surface area (Å²) in [4.78, 5) is 0. The number of nitrogens with two attached hydrogens (primary N) is 4. The van der Waals surface area contributed by atoms with Gasteiger partial charge in [0.25, 0.3) is 0 Å². The monoisotopic (exact) mass is 596 g/mol. The van der Waals surface area contributed by atoms with Gasteiger partial charge in [0.1, 0.15) is 61.0 Å². The predicted octanol–water partition coefficient (Wildman–Crippen LogP) is -3.91. The highest BCUT2D eigenvalue weighted by Gasteiger charge is 2.52. The van der Waals surface area contributed by atoms with E-state index in [1.165, 1.54) is 6.42 Å². The summed E-state index contributed by atoms with van der Waals surface area (Å²) in [5.41, 5.74) is 24.2. The largest absolute Gasteiger partial charge is 0.394 e. The van der Waals surface area contributed by atoms with Gasteiger partial charge >= 0.3 is 0 Å². The third-order valence-electron chi connectivity index (χ3n) is 8.25. The molecule has 1 saturated carbocycles. The molecule has 3 aliphatic rings. The van der Waals surface area contributed by atoms with E-state index < -0.39 is 98.4 Å². The number of hydrogen-bond donors (Lipinski definition) is 10. The molecule has 0 amide bonds. The minimum absolute atomic E-state index is 0.114. The summed E-state index contributed by atoms with van der Waals surface area (Å²) in [7, 11) is 0. The van der Waals surface area contributed by atoms with Crippen LogP contribution in [-0.4, -0.2) is 142 Å². The molecule has 0 aromatic heterocycles. The van der Waals surface area contributed by atoms with E-state index in [-0.39, 0.29) is 19.6 Å². The van der Waals surface area contributed by atoms with Crippen LogP contribution in [0, 0.1) is 0 Å². The van der Waals surface area contributed by atoms with Crippen LogP contribution in [0.5, 0.6) is 0 Å². The lowest BCUT2D eigenvalue weighted by molar-refractivity contribution is -0.335. The lowest BCUT2D eigenvalue weighted by Gasteiger charge is -2.48. The van der Waals surface area contributed by atoms with E-state index in [9.17, 15) is 30.6 Å². The van der Waals surface area contributed by atoms with Gasteiger partial charge < -0.3 is 77.3 Å². The first-order valence-corrected chi connectivity index (χ1v) is 14.8. The van der Waals surface area contributed by atoms with Crippen molar-refractivity contribution < 1.29 is 54.3 Å². The van der Waals surface area contributed by atoms with E-state index in [1.54, 1.807) is 0 Å². The second-order valence-corrected chi connectivity index (χ2v) is 11.4. The molecule has 41 heavy (non-hydrogen) atoms. The number of aliphatic hydroxyl groups excluding tert-OH is 6. The molecule has 2 saturated heterocycles. The second kappa shape index (κ2) is 16.5. The van der Waals surface area contributed by atoms with Gasteiger partial charge in [0, 0.05) is 25.2 Å². The maximum Gasteiger partial charge on any atom is 0.187 e. The molecule has 0 bridgehead atoms. The highest BCUT2D eigenvalue weighted by Crippen LogP contribution is 2.32. The van der Waals surface area contributed by atoms with Gasteiger partial charge in [-0.3, -0.25) is 0 Å². The summed E-state index contributed by atoms with van der Waals surface area (Å²) in [5.74, 6) is 0. The van der Waals surface area contributed by atoms with Crippen LogP contribution < -0.4 is 22.9 Å². The van der Waals surface area contributed by atoms with E-state index in [0.717, 1.165) is 32.1 Å². The van der Waals surface area contributed by atoms with E-state index in [1.807, 2.05) is 0 Å². The molecule has 1 aliphatic carbocycles. The molecular formula is C26H52N4O11. The Bertz CT molecular complexity index is 758. The molecular weight excluding hydrogens is 544 g/mol. The Labute approximate surface area is 241 Å². The topological polar surface area (TPSA) is 272 Å². The normalized spacial score (nSPS) is 45.6. The lowest BCUT2D eigenvalue weighted by Crippen LogP contribution is -2.69. The fourth-order valence-electron chi connectivity index (χ4n) is 5.68. The first-order valence-electron chi connectivity index (χ1n) is 14.8. The van der Waals surface area contributed by atoms with Crippen LogP contribution >= 0.6 is 0 Å². The van der Waals surface area contributed by atoms with Gasteiger partial charge in [0.2, 0.25) is 0 Å². The molecule has 242 valence electrons. The van der Waals surface area contributed by atoms with Gasteiger partial charge in [-0.1, -0.05) is 39.0 Å². The Morgan fingerprint density at radius 3 is 1.88 bits per heavy atom. The van der Waals surface area contributed by atoms with Crippen LogP contribution in [0.2, 0.25) is 0 Å². The minimum Gasteiger partial charge on any atom is -0.394 e. The summed E-state index contributed by atoms with van der Waals surface area (Å²) in [6, 6.07) is -2.75. The zero-order chi connectivity index (χ0) is 30.3. The predicted molar refractivity (Wildman–Crippen MR) is 145 cm³/mol. The van der Waals surface area contributed by atoms with Crippen molar-refractivity contribution in [1.29, 1.82) is 0 Å². The summed E-state index contributed by atoms with van der Waals surface area (Å²) >= 11 is 0. The first-order chi connectivity index (χ1) is 19.5. The molecule has 15 heteroatoms. The summed E-state index contributed by atoms with van der Waals surface area (Å²) < 4.78 is 28.9. The quantitative estimate of drug-likeness (QED) is 0.0858. The summed E-state index contributed by atoms with van der Waals surface area (Å²) in [6.07, 6.45) is -8.75. The second-order valence-electron chi connectivity index (χ2n) is 11.4. The molecule has 3 rings (SSSR count). The van der Waals surface area contributed by atoms with Crippen molar-refractivity contribution in [3.63, 3.8) is 0 Å². The van der Waals surface area contributed by atoms with E-state index >= 15 is 0 Å². The van der Waals surface area contributed by atoms with Gasteiger partial charge in [-0.05, 0) is 12.8 Å². The third kappa shape index (κ3) is 8.53. The Morgan fingerprint density at radius 2 is 1.27 bits per heavy atom. The Kier molecular flexibility index (Phi) is 14.0. The summed E-state index contributed by atoms with van der Waals surface area (Å²) in [5, 5.41) is 63.1. The van der Waals surface area contributed by atoms with Gasteiger partial charge in [-0.15, -0.1) is 0 Å². The van der Waals surface area contributed by atoms with Crippen molar-refractivity contribution in [2.45, 2.75) is 144 Å². The molecule has 15 atom stereocenters. The zero-order valence-electron chi connectivity index (χ0n) is 23.8. The van der Waals surface area contributed by atoms with Crippen molar-refractivity contribution in [3.05, 3.63) is 0 Å². The van der Waals surface area contributed by atoms with Crippen LogP contribution in [0.25, 0.3) is 0 Å². The standard InChI is InChI=1S/C26H52N4O11/c1-2-3-4-5-6-7-8-37-24-18(33)15(11-31)39-26(21(24)36)41-23-13(29)9-12(28)22(20(23)35)40-25-16(30)19(34)17(32)14(10-27)38-25/h12-26,31-36H,2-11,27-30H2,1H3/t12-,13+,14+,15+,16+,17+,18+,19+,20-,21+,22+,23-,24-,25+,26+/m0/s1. The van der Waals surface area contributed by atoms with Crippen molar-refractivity contribution in [1.82, 2.24) is 0 Å². The number of ether oxygens (including phenoxy) is 5. The maximum absolute atomic E-state index is 11.2. The zero-order valence-corrected chi connectivity index (χ0v) is 23.8. The fraction of sp³-hybridized carbons (Fsp3) is 1.00. The number of hydrogen-bond acceptors (Lipinski definition) is 15.